The molecule has 0 bridgehead atoms. The van der Waals surface area contributed by atoms with Crippen LogP contribution < -0.4 is 5.32 Å². The van der Waals surface area contributed by atoms with Crippen molar-refractivity contribution in [2.75, 3.05) is 5.32 Å². The number of aromatic nitrogens is 2. The van der Waals surface area contributed by atoms with Gasteiger partial charge >= 0.3 is 0 Å². The molecule has 1 N–H and O–H groups in total. The van der Waals surface area contributed by atoms with Crippen molar-refractivity contribution in [1.29, 1.82) is 0 Å². The van der Waals surface area contributed by atoms with E-state index >= 15 is 0 Å². The number of hydrogen-bond acceptors (Lipinski definition) is 2. The molecule has 1 aliphatic heterocycles. The lowest BCUT2D eigenvalue weighted by Crippen LogP contribution is -2.30. The highest BCUT2D eigenvalue weighted by Gasteiger charge is 2.31. The van der Waals surface area contributed by atoms with Gasteiger partial charge in [-0.3, -0.25) is 0 Å². The van der Waals surface area contributed by atoms with Gasteiger partial charge in [0.05, 0.1) is 33.6 Å². The zero-order chi connectivity index (χ0) is 34.2. The molecule has 0 radical (unpaired) electrons. The maximum absolute atomic E-state index is 5.44. The van der Waals surface area contributed by atoms with Crippen LogP contribution >= 0.6 is 0 Å². The lowest BCUT2D eigenvalue weighted by Gasteiger charge is -2.30. The number of fused-ring (bicyclic) bond motifs is 9. The average molecular weight is 667 g/mol. The van der Waals surface area contributed by atoms with Crippen LogP contribution in [0.15, 0.2) is 175 Å². The number of nitrogens with zero attached hydrogens (tertiary/aromatic N) is 3. The normalized spacial score (nSPS) is 14.8. The van der Waals surface area contributed by atoms with E-state index in [1.807, 2.05) is 0 Å². The molecular weight excluding hydrogens is 633 g/mol. The second kappa shape index (κ2) is 11.4. The van der Waals surface area contributed by atoms with E-state index in [4.69, 9.17) is 4.99 Å². The molecule has 3 heterocycles. The highest BCUT2D eigenvalue weighted by molar-refractivity contribution is 6.18. The van der Waals surface area contributed by atoms with Crippen molar-refractivity contribution in [2.24, 2.45) is 4.99 Å². The fraction of sp³-hybridized carbons (Fsp3) is 0.0625. The summed E-state index contributed by atoms with van der Waals surface area (Å²) in [6, 6.07) is 61.5. The van der Waals surface area contributed by atoms with Crippen LogP contribution in [0, 0.1) is 0 Å². The summed E-state index contributed by atoms with van der Waals surface area (Å²) >= 11 is 0. The summed E-state index contributed by atoms with van der Waals surface area (Å²) in [4.78, 5) is 5.44. The predicted octanol–water partition coefficient (Wildman–Crippen LogP) is 11.9. The molecule has 0 saturated carbocycles. The lowest BCUT2D eigenvalue weighted by molar-refractivity contribution is 0.759. The van der Waals surface area contributed by atoms with Gasteiger partial charge < -0.3 is 14.5 Å². The molecule has 9 aromatic rings. The van der Waals surface area contributed by atoms with E-state index in [1.54, 1.807) is 0 Å². The SMILES string of the molecule is c1ccc(-c2cccc(C3=Nc4ccccc4NC3n3c4ccccc4c4cc5c6c(n(-c7ccccc7)c5cc43)CCc3ccccc3-6)c2)cc1. The number of aryl methyl sites for hydroxylation is 1. The molecule has 246 valence electrons. The summed E-state index contributed by atoms with van der Waals surface area (Å²) < 4.78 is 5.01. The van der Waals surface area contributed by atoms with Gasteiger partial charge in [0, 0.05) is 38.7 Å². The molecule has 52 heavy (non-hydrogen) atoms. The Labute approximate surface area is 301 Å². The van der Waals surface area contributed by atoms with E-state index in [1.165, 1.54) is 71.9 Å². The number of benzene rings is 7. The Morgan fingerprint density at radius 3 is 2.15 bits per heavy atom. The van der Waals surface area contributed by atoms with Crippen molar-refractivity contribution in [3.05, 3.63) is 187 Å². The maximum Gasteiger partial charge on any atom is 0.148 e. The molecule has 4 nitrogen and oxygen atoms in total. The average Bonchev–Trinajstić information content (AvgIpc) is 3.72. The van der Waals surface area contributed by atoms with Crippen LogP contribution in [0.1, 0.15) is 23.0 Å². The van der Waals surface area contributed by atoms with Crippen LogP contribution in [-0.2, 0) is 12.8 Å². The number of para-hydroxylation sites is 4. The first-order chi connectivity index (χ1) is 25.8. The fourth-order valence-electron chi connectivity index (χ4n) is 8.75. The van der Waals surface area contributed by atoms with Gasteiger partial charge in [-0.15, -0.1) is 0 Å². The van der Waals surface area contributed by atoms with Gasteiger partial charge in [0.1, 0.15) is 6.17 Å². The summed E-state index contributed by atoms with van der Waals surface area (Å²) in [5.74, 6) is 0. The summed E-state index contributed by atoms with van der Waals surface area (Å²) in [6.07, 6.45) is 1.78. The highest BCUT2D eigenvalue weighted by atomic mass is 15.2. The molecular formula is C48H34N4. The van der Waals surface area contributed by atoms with Crippen LogP contribution in [0.3, 0.4) is 0 Å². The van der Waals surface area contributed by atoms with Gasteiger partial charge in [0.2, 0.25) is 0 Å². The summed E-state index contributed by atoms with van der Waals surface area (Å²) in [7, 11) is 0. The van der Waals surface area contributed by atoms with Gasteiger partial charge in [-0.25, -0.2) is 4.99 Å². The second-order valence-electron chi connectivity index (χ2n) is 13.9. The minimum absolute atomic E-state index is 0.253. The van der Waals surface area contributed by atoms with E-state index in [0.717, 1.165) is 35.5 Å². The largest absolute Gasteiger partial charge is 0.358 e. The van der Waals surface area contributed by atoms with E-state index in [-0.39, 0.29) is 6.17 Å². The van der Waals surface area contributed by atoms with Crippen LogP contribution in [0.25, 0.3) is 60.6 Å². The minimum Gasteiger partial charge on any atom is -0.358 e. The van der Waals surface area contributed by atoms with E-state index in [2.05, 4.69) is 184 Å². The topological polar surface area (TPSA) is 34.2 Å². The Morgan fingerprint density at radius 2 is 1.25 bits per heavy atom. The monoisotopic (exact) mass is 666 g/mol. The molecule has 1 unspecified atom stereocenters. The number of hydrogen-bond donors (Lipinski definition) is 1. The smallest absolute Gasteiger partial charge is 0.148 e. The van der Waals surface area contributed by atoms with Gasteiger partial charge in [0.15, 0.2) is 0 Å². The molecule has 0 amide bonds. The third kappa shape index (κ3) is 4.37. The van der Waals surface area contributed by atoms with Crippen LogP contribution in [0.2, 0.25) is 0 Å². The first-order valence-corrected chi connectivity index (χ1v) is 18.1. The number of anilines is 1. The molecule has 2 aromatic heterocycles. The van der Waals surface area contributed by atoms with E-state index in [0.29, 0.717) is 0 Å². The first-order valence-electron chi connectivity index (χ1n) is 18.1. The molecule has 0 saturated heterocycles. The molecule has 0 fully saturated rings. The first kappa shape index (κ1) is 29.1. The van der Waals surface area contributed by atoms with Crippen molar-refractivity contribution < 1.29 is 0 Å². The van der Waals surface area contributed by atoms with Crippen molar-refractivity contribution in [2.45, 2.75) is 19.0 Å². The Kier molecular flexibility index (Phi) is 6.41. The Hall–Kier alpha value is -6.65. The zero-order valence-corrected chi connectivity index (χ0v) is 28.5. The third-order valence-electron chi connectivity index (χ3n) is 11.0. The summed E-state index contributed by atoms with van der Waals surface area (Å²) in [5.41, 5.74) is 16.7. The standard InChI is InChI=1S/C48H34N4/c1-3-14-31(15-4-1)33-17-13-18-34(28-33)47-48(50-41-24-11-10-23-40(41)49-47)52-42-25-12-9-22-37(42)38-29-39-45(30-44(38)52)51(35-19-5-2-6-20-35)43-27-26-32-16-7-8-21-36(32)46(39)43/h1-25,28-30,48,50H,26-27H2. The third-order valence-corrected chi connectivity index (χ3v) is 11.0. The Bertz CT molecular complexity index is 2880. The van der Waals surface area contributed by atoms with Crippen LogP contribution in [0.4, 0.5) is 11.4 Å². The number of rotatable bonds is 4. The van der Waals surface area contributed by atoms with Gasteiger partial charge in [-0.05, 0) is 83.6 Å². The fourth-order valence-corrected chi connectivity index (χ4v) is 8.75. The van der Waals surface area contributed by atoms with Crippen molar-refractivity contribution in [1.82, 2.24) is 9.13 Å². The molecule has 7 aromatic carbocycles. The second-order valence-corrected chi connectivity index (χ2v) is 13.9. The molecule has 11 rings (SSSR count). The quantitative estimate of drug-likeness (QED) is 0.199. The molecule has 2 aliphatic rings. The predicted molar refractivity (Wildman–Crippen MR) is 216 cm³/mol. The lowest BCUT2D eigenvalue weighted by atomic mass is 9.88. The summed E-state index contributed by atoms with van der Waals surface area (Å²) in [5, 5.41) is 7.76. The minimum atomic E-state index is -0.253. The Morgan fingerprint density at radius 1 is 0.519 bits per heavy atom. The molecule has 1 aliphatic carbocycles. The number of aliphatic imine (C=N–C) groups is 1. The Balaban J connectivity index is 1.21. The van der Waals surface area contributed by atoms with Gasteiger partial charge in [-0.1, -0.05) is 121 Å². The van der Waals surface area contributed by atoms with Gasteiger partial charge in [0.25, 0.3) is 0 Å². The maximum atomic E-state index is 5.44. The molecule has 1 atom stereocenters. The van der Waals surface area contributed by atoms with Crippen molar-refractivity contribution in [3.8, 4) is 27.9 Å². The van der Waals surface area contributed by atoms with Crippen molar-refractivity contribution >= 4 is 49.8 Å². The highest BCUT2D eigenvalue weighted by Crippen LogP contribution is 2.46. The van der Waals surface area contributed by atoms with E-state index in [9.17, 15) is 0 Å². The molecule has 4 heteroatoms. The van der Waals surface area contributed by atoms with Crippen LogP contribution in [-0.4, -0.2) is 14.8 Å². The number of nitrogens with one attached hydrogen (secondary N) is 1. The van der Waals surface area contributed by atoms with E-state index < -0.39 is 0 Å². The molecule has 0 spiro atoms. The van der Waals surface area contributed by atoms with Crippen molar-refractivity contribution in [3.63, 3.8) is 0 Å². The van der Waals surface area contributed by atoms with Crippen LogP contribution in [0.5, 0.6) is 0 Å². The zero-order valence-electron chi connectivity index (χ0n) is 28.5. The summed E-state index contributed by atoms with van der Waals surface area (Å²) in [6.45, 7) is 0. The van der Waals surface area contributed by atoms with Gasteiger partial charge in [-0.2, -0.15) is 0 Å².